The van der Waals surface area contributed by atoms with Crippen molar-refractivity contribution in [2.24, 2.45) is 0 Å². The summed E-state index contributed by atoms with van der Waals surface area (Å²) in [5.74, 6) is -3.60. The zero-order valence-electron chi connectivity index (χ0n) is 15.2. The number of hydrogen-bond donors (Lipinski definition) is 3. The van der Waals surface area contributed by atoms with Crippen LogP contribution in [-0.4, -0.2) is 31.5 Å². The molecule has 2 rings (SSSR count). The SMILES string of the molecule is CCS(=O)(=O)Nc1cc(F)cc(F)c1Cc1ccc(CNNC(=O)C(F)F)cn1. The first kappa shape index (κ1) is 22.6. The van der Waals surface area contributed by atoms with Gasteiger partial charge in [0, 0.05) is 36.5 Å². The molecule has 0 radical (unpaired) electrons. The Kier molecular flexibility index (Phi) is 7.51. The van der Waals surface area contributed by atoms with E-state index in [4.69, 9.17) is 0 Å². The maximum absolute atomic E-state index is 14.2. The summed E-state index contributed by atoms with van der Waals surface area (Å²) in [5.41, 5.74) is 4.72. The predicted molar refractivity (Wildman–Crippen MR) is 97.5 cm³/mol. The molecule has 12 heteroatoms. The summed E-state index contributed by atoms with van der Waals surface area (Å²) < 4.78 is 77.6. The first-order valence-electron chi connectivity index (χ1n) is 8.34. The standard InChI is InChI=1S/C17H18F4N4O3S/c1-2-29(27,28)25-15-6-11(18)5-14(19)13(15)7-12-4-3-10(8-22-12)9-23-24-17(26)16(20)21/h3-6,8,16,23,25H,2,7,9H2,1H3,(H,24,26). The van der Waals surface area contributed by atoms with Crippen molar-refractivity contribution in [2.75, 3.05) is 10.5 Å². The van der Waals surface area contributed by atoms with E-state index < -0.39 is 34.0 Å². The number of carbonyl (C=O) groups excluding carboxylic acids is 1. The van der Waals surface area contributed by atoms with Crippen molar-refractivity contribution < 1.29 is 30.8 Å². The van der Waals surface area contributed by atoms with Crippen LogP contribution in [0.1, 0.15) is 23.7 Å². The van der Waals surface area contributed by atoms with Crippen LogP contribution >= 0.6 is 0 Å². The van der Waals surface area contributed by atoms with Crippen molar-refractivity contribution >= 4 is 21.6 Å². The number of nitrogens with one attached hydrogen (secondary N) is 3. The van der Waals surface area contributed by atoms with Gasteiger partial charge < -0.3 is 0 Å². The molecule has 0 saturated carbocycles. The van der Waals surface area contributed by atoms with Gasteiger partial charge in [0.05, 0.1) is 11.4 Å². The smallest absolute Gasteiger partial charge is 0.286 e. The topological polar surface area (TPSA) is 100 Å². The number of aromatic nitrogens is 1. The molecular weight excluding hydrogens is 416 g/mol. The molecule has 29 heavy (non-hydrogen) atoms. The number of nitrogens with zero attached hydrogens (tertiary/aromatic N) is 1. The van der Waals surface area contributed by atoms with Gasteiger partial charge >= 0.3 is 12.3 Å². The molecule has 3 N–H and O–H groups in total. The number of alkyl halides is 2. The summed E-state index contributed by atoms with van der Waals surface area (Å²) in [7, 11) is -3.75. The number of rotatable bonds is 9. The summed E-state index contributed by atoms with van der Waals surface area (Å²) in [6.45, 7) is 1.40. The number of carbonyl (C=O) groups is 1. The van der Waals surface area contributed by atoms with Crippen molar-refractivity contribution in [2.45, 2.75) is 26.3 Å². The van der Waals surface area contributed by atoms with Crippen LogP contribution in [-0.2, 0) is 27.8 Å². The van der Waals surface area contributed by atoms with Crippen molar-refractivity contribution in [1.29, 1.82) is 0 Å². The minimum Gasteiger partial charge on any atom is -0.286 e. The van der Waals surface area contributed by atoms with E-state index in [1.54, 1.807) is 6.07 Å². The van der Waals surface area contributed by atoms with Gasteiger partial charge in [0.25, 0.3) is 0 Å². The van der Waals surface area contributed by atoms with Crippen LogP contribution in [0.25, 0.3) is 0 Å². The molecule has 0 aliphatic heterocycles. The lowest BCUT2D eigenvalue weighted by Gasteiger charge is -2.13. The van der Waals surface area contributed by atoms with Gasteiger partial charge in [-0.05, 0) is 24.6 Å². The van der Waals surface area contributed by atoms with Gasteiger partial charge in [-0.15, -0.1) is 0 Å². The molecule has 0 aliphatic rings. The molecule has 1 aromatic carbocycles. The highest BCUT2D eigenvalue weighted by Gasteiger charge is 2.17. The molecular formula is C17H18F4N4O3S. The highest BCUT2D eigenvalue weighted by atomic mass is 32.2. The van der Waals surface area contributed by atoms with Gasteiger partial charge in [0.1, 0.15) is 11.6 Å². The predicted octanol–water partition coefficient (Wildman–Crippen LogP) is 2.10. The van der Waals surface area contributed by atoms with Crippen LogP contribution < -0.4 is 15.6 Å². The fourth-order valence-electron chi connectivity index (χ4n) is 2.25. The molecule has 0 fully saturated rings. The van der Waals surface area contributed by atoms with E-state index in [0.29, 0.717) is 17.3 Å². The lowest BCUT2D eigenvalue weighted by molar-refractivity contribution is -0.132. The fraction of sp³-hybridized carbons (Fsp3) is 0.294. The van der Waals surface area contributed by atoms with Crippen molar-refractivity contribution in [3.63, 3.8) is 0 Å². The Balaban J connectivity index is 2.12. The third-order valence-electron chi connectivity index (χ3n) is 3.75. The highest BCUT2D eigenvalue weighted by Crippen LogP contribution is 2.25. The van der Waals surface area contributed by atoms with Gasteiger partial charge in [-0.1, -0.05) is 6.07 Å². The van der Waals surface area contributed by atoms with Crippen LogP contribution in [0.2, 0.25) is 0 Å². The molecule has 0 bridgehead atoms. The Morgan fingerprint density at radius 2 is 1.93 bits per heavy atom. The first-order chi connectivity index (χ1) is 13.6. The number of benzene rings is 1. The zero-order chi connectivity index (χ0) is 21.6. The molecule has 2 aromatic rings. The summed E-state index contributed by atoms with van der Waals surface area (Å²) >= 11 is 0. The second-order valence-corrected chi connectivity index (χ2v) is 7.91. The number of anilines is 1. The molecule has 0 atom stereocenters. The number of hydrazine groups is 1. The average Bonchev–Trinajstić information content (AvgIpc) is 2.65. The normalized spacial score (nSPS) is 11.5. The highest BCUT2D eigenvalue weighted by molar-refractivity contribution is 7.92. The lowest BCUT2D eigenvalue weighted by atomic mass is 10.1. The molecule has 0 aliphatic carbocycles. The average molecular weight is 434 g/mol. The van der Waals surface area contributed by atoms with Crippen LogP contribution in [0.5, 0.6) is 0 Å². The van der Waals surface area contributed by atoms with E-state index in [1.807, 2.05) is 5.43 Å². The first-order valence-corrected chi connectivity index (χ1v) is 9.99. The molecule has 0 saturated heterocycles. The Hall–Kier alpha value is -2.73. The van der Waals surface area contributed by atoms with Crippen molar-refractivity contribution in [3.05, 3.63) is 58.9 Å². The van der Waals surface area contributed by atoms with E-state index in [9.17, 15) is 30.8 Å². The molecule has 1 heterocycles. The van der Waals surface area contributed by atoms with Gasteiger partial charge in [0.15, 0.2) is 0 Å². The van der Waals surface area contributed by atoms with E-state index in [2.05, 4.69) is 15.1 Å². The summed E-state index contributed by atoms with van der Waals surface area (Å²) in [5, 5.41) is 0. The third kappa shape index (κ3) is 6.68. The second-order valence-electron chi connectivity index (χ2n) is 5.90. The quantitative estimate of drug-likeness (QED) is 0.415. The van der Waals surface area contributed by atoms with E-state index in [0.717, 1.165) is 6.07 Å². The Bertz CT molecular complexity index is 969. The number of halogens is 4. The van der Waals surface area contributed by atoms with Crippen LogP contribution in [0, 0.1) is 11.6 Å². The van der Waals surface area contributed by atoms with Crippen molar-refractivity contribution in [1.82, 2.24) is 15.8 Å². The molecule has 1 amide bonds. The van der Waals surface area contributed by atoms with Crippen LogP contribution in [0.4, 0.5) is 23.2 Å². The summed E-state index contributed by atoms with van der Waals surface area (Å²) in [4.78, 5) is 14.8. The molecule has 7 nitrogen and oxygen atoms in total. The van der Waals surface area contributed by atoms with Crippen LogP contribution in [0.15, 0.2) is 30.5 Å². The maximum Gasteiger partial charge on any atom is 0.316 e. The van der Waals surface area contributed by atoms with Gasteiger partial charge in [-0.3, -0.25) is 19.9 Å². The lowest BCUT2D eigenvalue weighted by Crippen LogP contribution is -2.40. The molecule has 0 spiro atoms. The third-order valence-corrected chi connectivity index (χ3v) is 5.04. The minimum absolute atomic E-state index is 0.0121. The van der Waals surface area contributed by atoms with Crippen molar-refractivity contribution in [3.8, 4) is 0 Å². The summed E-state index contributed by atoms with van der Waals surface area (Å²) in [6.07, 6.45) is -1.90. The number of pyridine rings is 1. The second kappa shape index (κ2) is 9.65. The van der Waals surface area contributed by atoms with Gasteiger partial charge in [0.2, 0.25) is 10.0 Å². The minimum atomic E-state index is -3.75. The Morgan fingerprint density at radius 3 is 2.52 bits per heavy atom. The maximum atomic E-state index is 14.2. The fourth-order valence-corrected chi connectivity index (χ4v) is 2.91. The monoisotopic (exact) mass is 434 g/mol. The number of hydrogen-bond acceptors (Lipinski definition) is 5. The zero-order valence-corrected chi connectivity index (χ0v) is 16.0. The van der Waals surface area contributed by atoms with Crippen LogP contribution in [0.3, 0.4) is 0 Å². The van der Waals surface area contributed by atoms with E-state index >= 15 is 0 Å². The Morgan fingerprint density at radius 1 is 1.21 bits per heavy atom. The van der Waals surface area contributed by atoms with Gasteiger partial charge in [-0.2, -0.15) is 8.78 Å². The largest absolute Gasteiger partial charge is 0.316 e. The van der Waals surface area contributed by atoms with Gasteiger partial charge in [-0.25, -0.2) is 22.6 Å². The van der Waals surface area contributed by atoms with E-state index in [-0.39, 0.29) is 30.0 Å². The molecule has 0 unspecified atom stereocenters. The Labute approximate surface area is 164 Å². The number of amides is 1. The summed E-state index contributed by atoms with van der Waals surface area (Å²) in [6, 6.07) is 4.59. The molecule has 158 valence electrons. The molecule has 1 aromatic heterocycles. The number of sulfonamides is 1. The van der Waals surface area contributed by atoms with E-state index in [1.165, 1.54) is 19.2 Å².